The van der Waals surface area contributed by atoms with Gasteiger partial charge in [-0.15, -0.1) is 0 Å². The molecule has 0 aromatic heterocycles. The molecule has 0 spiro atoms. The van der Waals surface area contributed by atoms with E-state index in [1.807, 2.05) is 54.6 Å². The topological polar surface area (TPSA) is 83.5 Å². The van der Waals surface area contributed by atoms with Gasteiger partial charge in [0.1, 0.15) is 31.3 Å². The van der Waals surface area contributed by atoms with Gasteiger partial charge in [-0.1, -0.05) is 75.6 Å². The molecule has 8 nitrogen and oxygen atoms in total. The van der Waals surface area contributed by atoms with Crippen LogP contribution in [0, 0.1) is 5.92 Å². The second-order valence-corrected chi connectivity index (χ2v) is 12.0. The van der Waals surface area contributed by atoms with E-state index in [2.05, 4.69) is 13.8 Å². The van der Waals surface area contributed by atoms with Crippen LogP contribution < -0.4 is 4.74 Å². The van der Waals surface area contributed by atoms with Gasteiger partial charge >= 0.3 is 5.97 Å². The molecule has 1 amide bonds. The molecule has 2 aromatic rings. The molecule has 1 heterocycles. The molecule has 1 saturated heterocycles. The third-order valence-corrected chi connectivity index (χ3v) is 8.25. The fraction of sp³-hybridized carbons (Fsp3) is 0.611. The average Bonchev–Trinajstić information content (AvgIpc) is 3.04. The van der Waals surface area contributed by atoms with E-state index >= 15 is 0 Å². The number of cyclic esters (lactones) is 1. The van der Waals surface area contributed by atoms with Gasteiger partial charge in [0.15, 0.2) is 0 Å². The monoisotopic (exact) mass is 611 g/mol. The van der Waals surface area contributed by atoms with E-state index in [1.165, 1.54) is 0 Å². The van der Waals surface area contributed by atoms with E-state index in [4.69, 9.17) is 23.7 Å². The predicted octanol–water partition coefficient (Wildman–Crippen LogP) is 6.73. The van der Waals surface area contributed by atoms with Crippen LogP contribution in [0.3, 0.4) is 0 Å². The summed E-state index contributed by atoms with van der Waals surface area (Å²) in [7, 11) is 3.33. The lowest BCUT2D eigenvalue weighted by molar-refractivity contribution is -0.162. The minimum absolute atomic E-state index is 0.0295. The van der Waals surface area contributed by atoms with E-state index in [9.17, 15) is 9.59 Å². The number of carbonyl (C=O) groups is 2. The Balaban J connectivity index is 1.64. The van der Waals surface area contributed by atoms with Crippen LogP contribution in [0.25, 0.3) is 0 Å². The van der Waals surface area contributed by atoms with Crippen LogP contribution in [0.2, 0.25) is 0 Å². The van der Waals surface area contributed by atoms with Gasteiger partial charge in [0.05, 0.1) is 19.3 Å². The lowest BCUT2D eigenvalue weighted by Gasteiger charge is -2.30. The highest BCUT2D eigenvalue weighted by Crippen LogP contribution is 2.24. The van der Waals surface area contributed by atoms with E-state index in [-0.39, 0.29) is 30.9 Å². The summed E-state index contributed by atoms with van der Waals surface area (Å²) in [6.45, 7) is 6.03. The summed E-state index contributed by atoms with van der Waals surface area (Å²) in [5.41, 5.74) is 2.06. The maximum atomic E-state index is 13.8. The zero-order valence-electron chi connectivity index (χ0n) is 27.2. The summed E-state index contributed by atoms with van der Waals surface area (Å²) in [6.07, 6.45) is 7.51. The molecule has 3 rings (SSSR count). The summed E-state index contributed by atoms with van der Waals surface area (Å²) in [4.78, 5) is 28.5. The van der Waals surface area contributed by atoms with Gasteiger partial charge in [-0.2, -0.15) is 0 Å². The van der Waals surface area contributed by atoms with E-state index in [1.54, 1.807) is 19.1 Å². The molecule has 1 fully saturated rings. The Hall–Kier alpha value is -2.94. The SMILES string of the molecule is CCC[C@@H](CC1CC[C@H](C)CCCCC(=O)N(C)[C@@H](Cc2ccc(OCCOCc3ccccc3)cc2)C(=O)O1)OCOC. The zero-order valence-corrected chi connectivity index (χ0v) is 27.2. The van der Waals surface area contributed by atoms with Crippen LogP contribution in [0.4, 0.5) is 0 Å². The van der Waals surface area contributed by atoms with Crippen LogP contribution in [-0.4, -0.2) is 69.2 Å². The number of hydrogen-bond donors (Lipinski definition) is 0. The molecule has 8 heteroatoms. The second kappa shape index (κ2) is 20.2. The van der Waals surface area contributed by atoms with E-state index in [0.717, 1.165) is 61.8 Å². The van der Waals surface area contributed by atoms with Crippen LogP contribution in [0.1, 0.15) is 82.8 Å². The normalized spacial score (nSPS) is 21.1. The zero-order chi connectivity index (χ0) is 31.6. The summed E-state index contributed by atoms with van der Waals surface area (Å²) in [6, 6.07) is 17.0. The van der Waals surface area contributed by atoms with Crippen molar-refractivity contribution in [1.82, 2.24) is 4.90 Å². The van der Waals surface area contributed by atoms with Crippen LogP contribution >= 0.6 is 0 Å². The molecule has 0 aliphatic carbocycles. The Kier molecular flexibility index (Phi) is 16.3. The summed E-state index contributed by atoms with van der Waals surface area (Å²) >= 11 is 0. The first-order chi connectivity index (χ1) is 21.4. The number of benzene rings is 2. The van der Waals surface area contributed by atoms with Crippen molar-refractivity contribution >= 4 is 11.9 Å². The number of methoxy groups -OCH3 is 1. The molecule has 44 heavy (non-hydrogen) atoms. The first-order valence-corrected chi connectivity index (χ1v) is 16.3. The largest absolute Gasteiger partial charge is 0.491 e. The van der Waals surface area contributed by atoms with Crippen molar-refractivity contribution < 1.29 is 33.3 Å². The lowest BCUT2D eigenvalue weighted by Crippen LogP contribution is -2.46. The highest BCUT2D eigenvalue weighted by molar-refractivity contribution is 5.84. The highest BCUT2D eigenvalue weighted by atomic mass is 16.7. The average molecular weight is 612 g/mol. The molecule has 0 N–H and O–H groups in total. The molecule has 2 aromatic carbocycles. The minimum atomic E-state index is -0.717. The number of esters is 1. The Morgan fingerprint density at radius 2 is 1.73 bits per heavy atom. The molecule has 0 radical (unpaired) electrons. The van der Waals surface area contributed by atoms with Crippen LogP contribution in [0.5, 0.6) is 5.75 Å². The number of carbonyl (C=O) groups excluding carboxylic acids is 2. The van der Waals surface area contributed by atoms with Gasteiger partial charge in [-0.25, -0.2) is 4.79 Å². The van der Waals surface area contributed by atoms with Gasteiger partial charge in [-0.3, -0.25) is 4.79 Å². The molecule has 1 unspecified atom stereocenters. The second-order valence-electron chi connectivity index (χ2n) is 12.0. The van der Waals surface area contributed by atoms with Gasteiger partial charge < -0.3 is 28.6 Å². The maximum Gasteiger partial charge on any atom is 0.329 e. The first-order valence-electron chi connectivity index (χ1n) is 16.3. The Morgan fingerprint density at radius 3 is 2.45 bits per heavy atom. The fourth-order valence-corrected chi connectivity index (χ4v) is 5.56. The molecule has 244 valence electrons. The van der Waals surface area contributed by atoms with E-state index in [0.29, 0.717) is 45.0 Å². The van der Waals surface area contributed by atoms with Crippen LogP contribution in [0.15, 0.2) is 54.6 Å². The quantitative estimate of drug-likeness (QED) is 0.125. The highest BCUT2D eigenvalue weighted by Gasteiger charge is 2.31. The minimum Gasteiger partial charge on any atom is -0.491 e. The van der Waals surface area contributed by atoms with Crippen molar-refractivity contribution in [3.05, 3.63) is 65.7 Å². The van der Waals surface area contributed by atoms with Crippen molar-refractivity contribution in [1.29, 1.82) is 0 Å². The third-order valence-electron chi connectivity index (χ3n) is 8.25. The van der Waals surface area contributed by atoms with Gasteiger partial charge in [0.25, 0.3) is 0 Å². The first kappa shape index (κ1) is 35.5. The predicted molar refractivity (Wildman–Crippen MR) is 171 cm³/mol. The summed E-state index contributed by atoms with van der Waals surface area (Å²) < 4.78 is 28.9. The smallest absolute Gasteiger partial charge is 0.329 e. The Bertz CT molecular complexity index is 1080. The van der Waals surface area contributed by atoms with Crippen molar-refractivity contribution in [3.8, 4) is 5.75 Å². The molecule has 0 bridgehead atoms. The third kappa shape index (κ3) is 13.0. The molecule has 4 atom stereocenters. The maximum absolute atomic E-state index is 13.8. The number of hydrogen-bond acceptors (Lipinski definition) is 7. The summed E-state index contributed by atoms with van der Waals surface area (Å²) in [5, 5.41) is 0. The Morgan fingerprint density at radius 1 is 0.955 bits per heavy atom. The summed E-state index contributed by atoms with van der Waals surface area (Å²) in [5.74, 6) is 0.834. The van der Waals surface area contributed by atoms with Gasteiger partial charge in [-0.05, 0) is 54.9 Å². The number of rotatable bonds is 15. The Labute approximate surface area is 264 Å². The number of likely N-dealkylation sites (N-methyl/N-ethyl adjacent to an activating group) is 1. The number of nitrogens with zero attached hydrogens (tertiary/aromatic N) is 1. The standard InChI is InChI=1S/C36H53NO7/c1-5-11-32(43-27-40-4)25-33-19-16-28(2)12-9-10-15-35(38)37(3)34(36(39)44-33)24-29-17-20-31(21-18-29)42-23-22-41-26-30-13-7-6-8-14-30/h6-8,13-14,17-18,20-21,28,32-34H,5,9-12,15-16,19,22-27H2,1-4H3/t28-,32+,33?,34+/m1/s1. The van der Waals surface area contributed by atoms with Crippen LogP contribution in [-0.2, 0) is 41.6 Å². The van der Waals surface area contributed by atoms with Gasteiger partial charge in [0.2, 0.25) is 5.91 Å². The molecule has 0 saturated carbocycles. The number of ether oxygens (including phenoxy) is 5. The van der Waals surface area contributed by atoms with Crippen molar-refractivity contribution in [3.63, 3.8) is 0 Å². The van der Waals surface area contributed by atoms with Crippen molar-refractivity contribution in [2.24, 2.45) is 5.92 Å². The number of amides is 1. The lowest BCUT2D eigenvalue weighted by atomic mass is 9.94. The molecule has 1 aliphatic rings. The van der Waals surface area contributed by atoms with E-state index < -0.39 is 6.04 Å². The van der Waals surface area contributed by atoms with Crippen molar-refractivity contribution in [2.45, 2.75) is 103 Å². The molecule has 1 aliphatic heterocycles. The molecular weight excluding hydrogens is 558 g/mol. The molecular formula is C36H53NO7. The van der Waals surface area contributed by atoms with Gasteiger partial charge in [0, 0.05) is 33.4 Å². The fourth-order valence-electron chi connectivity index (χ4n) is 5.56. The van der Waals surface area contributed by atoms with Crippen molar-refractivity contribution in [2.75, 3.05) is 34.2 Å².